The highest BCUT2D eigenvalue weighted by molar-refractivity contribution is 8.14. The third-order valence-corrected chi connectivity index (χ3v) is 5.18. The molecule has 8 heteroatoms. The normalized spacial score (nSPS) is 13.6. The first-order valence-corrected chi connectivity index (χ1v) is 9.43. The van der Waals surface area contributed by atoms with E-state index in [2.05, 4.69) is 4.99 Å². The Morgan fingerprint density at radius 1 is 1.30 bits per heavy atom. The lowest BCUT2D eigenvalue weighted by atomic mass is 10.1. The van der Waals surface area contributed by atoms with Crippen LogP contribution in [0.4, 0.5) is 11.4 Å². The molecule has 3 rings (SSSR count). The van der Waals surface area contributed by atoms with Crippen LogP contribution in [-0.2, 0) is 0 Å². The van der Waals surface area contributed by atoms with Crippen molar-refractivity contribution in [3.05, 3.63) is 64.2 Å². The van der Waals surface area contributed by atoms with Crippen LogP contribution in [0.1, 0.15) is 16.8 Å². The van der Waals surface area contributed by atoms with Gasteiger partial charge in [0.05, 0.1) is 18.6 Å². The zero-order valence-corrected chi connectivity index (χ0v) is 15.6. The summed E-state index contributed by atoms with van der Waals surface area (Å²) in [4.78, 5) is 29.7. The van der Waals surface area contributed by atoms with E-state index in [1.54, 1.807) is 24.9 Å². The van der Waals surface area contributed by atoms with Crippen molar-refractivity contribution >= 4 is 34.1 Å². The van der Waals surface area contributed by atoms with E-state index in [0.717, 1.165) is 35.3 Å². The standard InChI is InChI=1S/C19H19N3O4S/c1-26-17-8-6-15(7-9-17)21(19-20-10-3-11-27-19)13-18(23)14-4-2-5-16(12-14)22(24)25/h2,4-9,12H,3,10-11,13H2,1H3. The van der Waals surface area contributed by atoms with Gasteiger partial charge in [-0.3, -0.25) is 19.9 Å². The number of nitro benzene ring substituents is 1. The van der Waals surface area contributed by atoms with Gasteiger partial charge in [0.25, 0.3) is 5.69 Å². The van der Waals surface area contributed by atoms with Crippen LogP contribution in [0.15, 0.2) is 53.5 Å². The fraction of sp³-hybridized carbons (Fsp3) is 0.263. The Balaban J connectivity index is 1.88. The monoisotopic (exact) mass is 385 g/mol. The maximum Gasteiger partial charge on any atom is 0.270 e. The van der Waals surface area contributed by atoms with Crippen molar-refractivity contribution < 1.29 is 14.5 Å². The van der Waals surface area contributed by atoms with Crippen molar-refractivity contribution in [3.63, 3.8) is 0 Å². The fourth-order valence-electron chi connectivity index (χ4n) is 2.67. The minimum Gasteiger partial charge on any atom is -0.497 e. The molecule has 2 aromatic rings. The predicted octanol–water partition coefficient (Wildman–Crippen LogP) is 3.79. The number of rotatable bonds is 6. The van der Waals surface area contributed by atoms with Crippen molar-refractivity contribution in [3.8, 4) is 5.75 Å². The molecule has 0 N–H and O–H groups in total. The van der Waals surface area contributed by atoms with Gasteiger partial charge >= 0.3 is 0 Å². The number of carbonyl (C=O) groups excluding carboxylic acids is 1. The largest absolute Gasteiger partial charge is 0.497 e. The number of nitro groups is 1. The number of hydrogen-bond acceptors (Lipinski definition) is 7. The number of Topliss-reactive ketones (excluding diaryl/α,β-unsaturated/α-hetero) is 1. The van der Waals surface area contributed by atoms with E-state index < -0.39 is 4.92 Å². The van der Waals surface area contributed by atoms with E-state index >= 15 is 0 Å². The van der Waals surface area contributed by atoms with E-state index in [-0.39, 0.29) is 18.0 Å². The number of hydrogen-bond donors (Lipinski definition) is 0. The van der Waals surface area contributed by atoms with Gasteiger partial charge in [0.1, 0.15) is 5.75 Å². The number of nitrogens with zero attached hydrogens (tertiary/aromatic N) is 3. The van der Waals surface area contributed by atoms with Crippen molar-refractivity contribution in [1.82, 2.24) is 0 Å². The first-order valence-electron chi connectivity index (χ1n) is 8.45. The van der Waals surface area contributed by atoms with Crippen molar-refractivity contribution in [1.29, 1.82) is 0 Å². The van der Waals surface area contributed by atoms with E-state index in [4.69, 9.17) is 4.74 Å². The summed E-state index contributed by atoms with van der Waals surface area (Å²) < 4.78 is 5.20. The van der Waals surface area contributed by atoms with E-state index in [9.17, 15) is 14.9 Å². The molecule has 0 fully saturated rings. The minimum absolute atomic E-state index is 0.0549. The lowest BCUT2D eigenvalue weighted by molar-refractivity contribution is -0.384. The predicted molar refractivity (Wildman–Crippen MR) is 107 cm³/mol. The zero-order chi connectivity index (χ0) is 19.2. The Kier molecular flexibility index (Phi) is 6.08. The maximum atomic E-state index is 12.8. The second kappa shape index (κ2) is 8.68. The lowest BCUT2D eigenvalue weighted by Gasteiger charge is -2.27. The highest BCUT2D eigenvalue weighted by Crippen LogP contribution is 2.25. The first kappa shape index (κ1) is 18.9. The van der Waals surface area contributed by atoms with Crippen LogP contribution in [0.25, 0.3) is 0 Å². The molecule has 0 amide bonds. The summed E-state index contributed by atoms with van der Waals surface area (Å²) >= 11 is 1.61. The Morgan fingerprint density at radius 3 is 2.70 bits per heavy atom. The molecule has 0 atom stereocenters. The molecule has 1 aliphatic heterocycles. The van der Waals surface area contributed by atoms with Crippen LogP contribution in [0.3, 0.4) is 0 Å². The summed E-state index contributed by atoms with van der Waals surface area (Å²) in [5.41, 5.74) is 1.04. The average molecular weight is 385 g/mol. The molecule has 0 bridgehead atoms. The summed E-state index contributed by atoms with van der Waals surface area (Å²) in [6, 6.07) is 13.2. The molecule has 0 saturated carbocycles. The number of methoxy groups -OCH3 is 1. The number of non-ortho nitro benzene ring substituents is 1. The van der Waals surface area contributed by atoms with Crippen LogP contribution in [-0.4, -0.2) is 41.8 Å². The molecule has 7 nitrogen and oxygen atoms in total. The van der Waals surface area contributed by atoms with E-state index in [1.807, 2.05) is 29.2 Å². The Morgan fingerprint density at radius 2 is 2.07 bits per heavy atom. The molecule has 27 heavy (non-hydrogen) atoms. The topological polar surface area (TPSA) is 85.0 Å². The number of amidine groups is 1. The van der Waals surface area contributed by atoms with Crippen LogP contribution in [0.5, 0.6) is 5.75 Å². The average Bonchev–Trinajstić information content (AvgIpc) is 2.72. The number of thioether (sulfide) groups is 1. The van der Waals surface area contributed by atoms with Gasteiger partial charge in [-0.25, -0.2) is 0 Å². The van der Waals surface area contributed by atoms with Gasteiger partial charge in [0.15, 0.2) is 11.0 Å². The van der Waals surface area contributed by atoms with E-state index in [0.29, 0.717) is 5.56 Å². The second-order valence-corrected chi connectivity index (χ2v) is 6.94. The van der Waals surface area contributed by atoms with Crippen molar-refractivity contribution in [2.24, 2.45) is 4.99 Å². The molecule has 140 valence electrons. The van der Waals surface area contributed by atoms with Crippen LogP contribution in [0, 0.1) is 10.1 Å². The molecule has 0 spiro atoms. The Hall–Kier alpha value is -2.87. The smallest absolute Gasteiger partial charge is 0.270 e. The summed E-state index contributed by atoms with van der Waals surface area (Å²) in [5, 5.41) is 11.8. The molecular formula is C19H19N3O4S. The molecule has 0 unspecified atom stereocenters. The number of ketones is 1. The van der Waals surface area contributed by atoms with Crippen LogP contribution >= 0.6 is 11.8 Å². The maximum absolute atomic E-state index is 12.8. The molecule has 1 aliphatic rings. The Labute approximate surface area is 161 Å². The number of anilines is 1. The van der Waals surface area contributed by atoms with Gasteiger partial charge in [0, 0.05) is 35.7 Å². The number of aliphatic imine (C=N–C) groups is 1. The number of ether oxygens (including phenoxy) is 1. The Bertz CT molecular complexity index is 868. The van der Waals surface area contributed by atoms with Crippen molar-refractivity contribution in [2.75, 3.05) is 30.9 Å². The quantitative estimate of drug-likeness (QED) is 0.427. The highest BCUT2D eigenvalue weighted by atomic mass is 32.2. The van der Waals surface area contributed by atoms with E-state index in [1.165, 1.54) is 18.2 Å². The van der Waals surface area contributed by atoms with Crippen LogP contribution in [0.2, 0.25) is 0 Å². The first-order chi connectivity index (χ1) is 13.1. The number of benzene rings is 2. The van der Waals surface area contributed by atoms with Crippen molar-refractivity contribution in [2.45, 2.75) is 6.42 Å². The summed E-state index contributed by atoms with van der Waals surface area (Å²) in [5.74, 6) is 1.46. The number of carbonyl (C=O) groups is 1. The molecule has 0 aromatic heterocycles. The molecule has 2 aromatic carbocycles. The third kappa shape index (κ3) is 4.65. The van der Waals surface area contributed by atoms with Gasteiger partial charge in [-0.15, -0.1) is 0 Å². The lowest BCUT2D eigenvalue weighted by Crippen LogP contribution is -2.35. The minimum atomic E-state index is -0.501. The zero-order valence-electron chi connectivity index (χ0n) is 14.8. The molecule has 0 aliphatic carbocycles. The van der Waals surface area contributed by atoms with Gasteiger partial charge < -0.3 is 9.64 Å². The van der Waals surface area contributed by atoms with Gasteiger partial charge in [0.2, 0.25) is 0 Å². The summed E-state index contributed by atoms with van der Waals surface area (Å²) in [7, 11) is 1.60. The molecule has 0 radical (unpaired) electrons. The fourth-order valence-corrected chi connectivity index (χ4v) is 3.64. The van der Waals surface area contributed by atoms with Gasteiger partial charge in [-0.05, 0) is 30.7 Å². The van der Waals surface area contributed by atoms with Gasteiger partial charge in [-0.1, -0.05) is 23.9 Å². The summed E-state index contributed by atoms with van der Waals surface area (Å²) in [6.45, 7) is 0.777. The second-order valence-electron chi connectivity index (χ2n) is 5.88. The van der Waals surface area contributed by atoms with Crippen LogP contribution < -0.4 is 9.64 Å². The molecule has 1 heterocycles. The van der Waals surface area contributed by atoms with Gasteiger partial charge in [-0.2, -0.15) is 0 Å². The summed E-state index contributed by atoms with van der Waals surface area (Å²) in [6.07, 6.45) is 1.00. The third-order valence-electron chi connectivity index (χ3n) is 4.08. The molecule has 0 saturated heterocycles. The molecular weight excluding hydrogens is 366 g/mol. The highest BCUT2D eigenvalue weighted by Gasteiger charge is 2.21. The SMILES string of the molecule is COc1ccc(N(CC(=O)c2cccc([N+](=O)[O-])c2)C2=NCCCS2)cc1.